The molecule has 13 heteroatoms. The number of aromatic nitrogens is 1. The predicted molar refractivity (Wildman–Crippen MR) is 196 cm³/mol. The largest absolute Gasteiger partial charge is 0.507 e. The lowest BCUT2D eigenvalue weighted by Gasteiger charge is -2.36. The molecule has 0 radical (unpaired) electrons. The molecule has 1 aromatic heterocycles. The highest BCUT2D eigenvalue weighted by molar-refractivity contribution is 6.27. The quantitative estimate of drug-likeness (QED) is 0.100. The van der Waals surface area contributed by atoms with Crippen LogP contribution < -0.4 is 15.6 Å². The van der Waals surface area contributed by atoms with Crippen LogP contribution in [-0.4, -0.2) is 78.5 Å². The number of ether oxygens (including phenoxy) is 1. The van der Waals surface area contributed by atoms with Gasteiger partial charge in [-0.15, -0.1) is 0 Å². The zero-order valence-electron chi connectivity index (χ0n) is 29.1. The van der Waals surface area contributed by atoms with Crippen molar-refractivity contribution >= 4 is 71.6 Å². The Kier molecular flexibility index (Phi) is 8.04. The molecular weight excluding hydrogens is 670 g/mol. The molecule has 2 amide bonds. The van der Waals surface area contributed by atoms with Gasteiger partial charge < -0.3 is 45.1 Å². The zero-order chi connectivity index (χ0) is 37.5. The molecular formula is C39H37N3O10. The third-order valence-electron chi connectivity index (χ3n) is 10.6. The number of nitrogens with zero attached hydrogens (tertiary/aromatic N) is 2. The van der Waals surface area contributed by atoms with Crippen molar-refractivity contribution in [2.45, 2.75) is 58.7 Å². The number of methoxy groups -OCH3 is 1. The number of amides is 2. The summed E-state index contributed by atoms with van der Waals surface area (Å²) in [6.45, 7) is 6.25. The molecule has 52 heavy (non-hydrogen) atoms. The van der Waals surface area contributed by atoms with Crippen LogP contribution in [0.25, 0.3) is 53.9 Å². The number of pyridine rings is 1. The number of aliphatic carboxylic acids is 1. The first-order valence-electron chi connectivity index (χ1n) is 16.8. The fourth-order valence-electron chi connectivity index (χ4n) is 7.60. The molecule has 0 saturated carbocycles. The minimum Gasteiger partial charge on any atom is -0.507 e. The minimum atomic E-state index is -1.31. The highest BCUT2D eigenvalue weighted by Gasteiger charge is 2.38. The van der Waals surface area contributed by atoms with Gasteiger partial charge in [0.15, 0.2) is 0 Å². The van der Waals surface area contributed by atoms with Crippen LogP contribution in [0.3, 0.4) is 0 Å². The third kappa shape index (κ3) is 4.90. The van der Waals surface area contributed by atoms with Crippen molar-refractivity contribution in [2.75, 3.05) is 13.7 Å². The summed E-state index contributed by atoms with van der Waals surface area (Å²) in [4.78, 5) is 53.7. The number of nitrogens with one attached hydrogen (secondary N) is 1. The molecule has 0 aliphatic carbocycles. The van der Waals surface area contributed by atoms with E-state index in [2.05, 4.69) is 5.32 Å². The number of phenolic OH excluding ortho intramolecular Hbond substituents is 4. The lowest BCUT2D eigenvalue weighted by atomic mass is 9.90. The first kappa shape index (κ1) is 34.2. The number of phenols is 4. The van der Waals surface area contributed by atoms with Crippen molar-refractivity contribution in [1.29, 1.82) is 0 Å². The number of carboxylic acid groups (broad SMARTS) is 1. The molecule has 3 unspecified atom stereocenters. The summed E-state index contributed by atoms with van der Waals surface area (Å²) in [6.07, 6.45) is 0.601. The van der Waals surface area contributed by atoms with Gasteiger partial charge in [-0.1, -0.05) is 26.0 Å². The Hall–Kier alpha value is -6.24. The lowest BCUT2D eigenvalue weighted by Crippen LogP contribution is -2.63. The topological polar surface area (TPSA) is 199 Å². The normalized spacial score (nSPS) is 16.9. The van der Waals surface area contributed by atoms with Crippen molar-refractivity contribution in [2.24, 2.45) is 0 Å². The summed E-state index contributed by atoms with van der Waals surface area (Å²) in [6, 6.07) is 9.23. The van der Waals surface area contributed by atoms with Crippen molar-refractivity contribution in [3.63, 3.8) is 0 Å². The predicted octanol–water partition coefficient (Wildman–Crippen LogP) is 5.07. The molecule has 1 fully saturated rings. The molecule has 7 rings (SSSR count). The maximum absolute atomic E-state index is 14.5. The van der Waals surface area contributed by atoms with Crippen LogP contribution >= 0.6 is 0 Å². The van der Waals surface area contributed by atoms with E-state index < -0.39 is 47.7 Å². The van der Waals surface area contributed by atoms with Gasteiger partial charge in [0, 0.05) is 38.0 Å². The molecule has 3 atom stereocenters. The van der Waals surface area contributed by atoms with Gasteiger partial charge in [-0.25, -0.2) is 4.79 Å². The van der Waals surface area contributed by atoms with Gasteiger partial charge in [0.2, 0.25) is 11.8 Å². The standard InChI is InChI=1S/C39H37N3O10/c1-6-16(2)25-12-20-11-19-8-9-21-31(33(45)23-13-22-26(43)10-7-17(3)28(22)34(46)32(23)36(21)52-5)29(19)35(47)30(20)38(49)42(25)15-27(44)41-14-24(39(50)51)40-37(48)18(41)4/h7-13,16,18,24,43,45-47H,6,14-15H2,1-5H3,(H,40,48)(H,50,51). The number of carbonyl (C=O) groups is 3. The van der Waals surface area contributed by atoms with E-state index in [1.165, 1.54) is 30.7 Å². The lowest BCUT2D eigenvalue weighted by molar-refractivity contribution is -0.151. The van der Waals surface area contributed by atoms with Gasteiger partial charge in [-0.05, 0) is 72.9 Å². The maximum atomic E-state index is 14.5. The Morgan fingerprint density at radius 2 is 1.60 bits per heavy atom. The fourth-order valence-corrected chi connectivity index (χ4v) is 7.60. The number of carbonyl (C=O) groups excluding carboxylic acids is 2. The average molecular weight is 708 g/mol. The molecule has 1 saturated heterocycles. The molecule has 2 heterocycles. The summed E-state index contributed by atoms with van der Waals surface area (Å²) in [5.74, 6) is -3.72. The molecule has 5 aromatic carbocycles. The number of aryl methyl sites for hydroxylation is 1. The number of rotatable bonds is 6. The van der Waals surface area contributed by atoms with E-state index >= 15 is 0 Å². The fraction of sp³-hybridized carbons (Fsp3) is 0.282. The molecule has 1 aliphatic rings. The van der Waals surface area contributed by atoms with Crippen LogP contribution in [0, 0.1) is 6.92 Å². The maximum Gasteiger partial charge on any atom is 0.328 e. The van der Waals surface area contributed by atoms with E-state index in [0.29, 0.717) is 39.2 Å². The van der Waals surface area contributed by atoms with E-state index in [1.54, 1.807) is 37.3 Å². The molecule has 6 aromatic rings. The first-order valence-corrected chi connectivity index (χ1v) is 16.8. The van der Waals surface area contributed by atoms with Crippen LogP contribution in [0.2, 0.25) is 0 Å². The number of carboxylic acids is 1. The van der Waals surface area contributed by atoms with Crippen molar-refractivity contribution in [3.05, 3.63) is 64.1 Å². The number of fused-ring (bicyclic) bond motifs is 6. The van der Waals surface area contributed by atoms with E-state index in [9.17, 15) is 44.7 Å². The van der Waals surface area contributed by atoms with Crippen LogP contribution in [0.5, 0.6) is 28.7 Å². The van der Waals surface area contributed by atoms with E-state index in [1.807, 2.05) is 13.8 Å². The summed E-state index contributed by atoms with van der Waals surface area (Å²) >= 11 is 0. The molecule has 0 bridgehead atoms. The number of aromatic hydroxyl groups is 4. The van der Waals surface area contributed by atoms with E-state index in [4.69, 9.17) is 4.74 Å². The summed E-state index contributed by atoms with van der Waals surface area (Å²) in [5.41, 5.74) is 0.491. The first-order chi connectivity index (χ1) is 24.7. The summed E-state index contributed by atoms with van der Waals surface area (Å²) < 4.78 is 7.07. The van der Waals surface area contributed by atoms with Crippen LogP contribution in [0.15, 0.2) is 47.3 Å². The average Bonchev–Trinajstić information content (AvgIpc) is 3.11. The van der Waals surface area contributed by atoms with Gasteiger partial charge in [-0.2, -0.15) is 0 Å². The van der Waals surface area contributed by atoms with E-state index in [0.717, 1.165) is 4.90 Å². The van der Waals surface area contributed by atoms with Crippen LogP contribution in [-0.2, 0) is 20.9 Å². The molecule has 13 nitrogen and oxygen atoms in total. The van der Waals surface area contributed by atoms with Gasteiger partial charge in [0.1, 0.15) is 47.4 Å². The Bertz CT molecular complexity index is 2630. The van der Waals surface area contributed by atoms with Gasteiger partial charge in [-0.3, -0.25) is 14.4 Å². The highest BCUT2D eigenvalue weighted by atomic mass is 16.5. The molecule has 268 valence electrons. The van der Waals surface area contributed by atoms with Gasteiger partial charge in [0.25, 0.3) is 5.56 Å². The monoisotopic (exact) mass is 707 g/mol. The Morgan fingerprint density at radius 3 is 2.27 bits per heavy atom. The minimum absolute atomic E-state index is 0.117. The van der Waals surface area contributed by atoms with E-state index in [-0.39, 0.29) is 67.8 Å². The second kappa shape index (κ2) is 12.2. The van der Waals surface area contributed by atoms with Crippen molar-refractivity contribution in [3.8, 4) is 28.7 Å². The second-order valence-electron chi connectivity index (χ2n) is 13.5. The zero-order valence-corrected chi connectivity index (χ0v) is 29.1. The van der Waals surface area contributed by atoms with Crippen LogP contribution in [0.4, 0.5) is 0 Å². The van der Waals surface area contributed by atoms with Crippen LogP contribution in [0.1, 0.15) is 44.4 Å². The molecule has 1 aliphatic heterocycles. The smallest absolute Gasteiger partial charge is 0.328 e. The SMILES string of the molecule is CCC(C)c1cc2cc3ccc4c(OC)c5c(O)c6c(C)ccc(O)c6cc5c(O)c4c3c(O)c2c(=O)n1CC(=O)N1CC(C(=O)O)NC(=O)C1C. The Balaban J connectivity index is 1.52. The third-order valence-corrected chi connectivity index (χ3v) is 10.6. The van der Waals surface area contributed by atoms with Crippen molar-refractivity contribution in [1.82, 2.24) is 14.8 Å². The number of benzene rings is 5. The number of piperazine rings is 1. The van der Waals surface area contributed by atoms with Gasteiger partial charge >= 0.3 is 5.97 Å². The summed E-state index contributed by atoms with van der Waals surface area (Å²) in [7, 11) is 1.41. The molecule has 6 N–H and O–H groups in total. The summed E-state index contributed by atoms with van der Waals surface area (Å²) in [5, 5.41) is 60.5. The molecule has 0 spiro atoms. The Morgan fingerprint density at radius 1 is 0.885 bits per heavy atom. The Labute approximate surface area is 295 Å². The number of hydrogen-bond acceptors (Lipinski definition) is 9. The number of hydrogen-bond donors (Lipinski definition) is 6. The second-order valence-corrected chi connectivity index (χ2v) is 13.5. The highest BCUT2D eigenvalue weighted by Crippen LogP contribution is 2.53. The van der Waals surface area contributed by atoms with Crippen molar-refractivity contribution < 1.29 is 44.7 Å². The van der Waals surface area contributed by atoms with Gasteiger partial charge in [0.05, 0.1) is 24.4 Å².